The number of halogens is 1. The predicted molar refractivity (Wildman–Crippen MR) is 49.8 cm³/mol. The van der Waals surface area contributed by atoms with Crippen LogP contribution in [0.2, 0.25) is 0 Å². The van der Waals surface area contributed by atoms with Crippen molar-refractivity contribution in [1.29, 1.82) is 5.26 Å². The summed E-state index contributed by atoms with van der Waals surface area (Å²) in [7, 11) is 0. The maximum Gasteiger partial charge on any atom is 0.265 e. The van der Waals surface area contributed by atoms with Gasteiger partial charge in [-0.05, 0) is 19.1 Å². The summed E-state index contributed by atoms with van der Waals surface area (Å²) < 4.78 is 18.5. The second kappa shape index (κ2) is 3.24. The fraction of sp³-hybridized carbons (Fsp3) is 0.200. The zero-order chi connectivity index (χ0) is 11.0. The summed E-state index contributed by atoms with van der Waals surface area (Å²) in [5.41, 5.74) is 0.347. The van der Waals surface area contributed by atoms with Crippen LogP contribution in [0.1, 0.15) is 12.5 Å². The Kier molecular flexibility index (Phi) is 2.05. The second-order valence-electron chi connectivity index (χ2n) is 3.20. The SMILES string of the molecule is C[C@H]1Oc2c(F)cc(C#N)cc2NC1=O. The van der Waals surface area contributed by atoms with E-state index in [1.54, 1.807) is 6.07 Å². The summed E-state index contributed by atoms with van der Waals surface area (Å²) in [6.45, 7) is 1.52. The van der Waals surface area contributed by atoms with Crippen LogP contribution in [-0.2, 0) is 4.79 Å². The zero-order valence-corrected chi connectivity index (χ0v) is 7.87. The molecule has 0 unspecified atom stereocenters. The quantitative estimate of drug-likeness (QED) is 0.698. The molecule has 0 saturated carbocycles. The lowest BCUT2D eigenvalue weighted by molar-refractivity contribution is -0.122. The summed E-state index contributed by atoms with van der Waals surface area (Å²) in [6, 6.07) is 4.25. The molecule has 0 aliphatic carbocycles. The average molecular weight is 206 g/mol. The number of carbonyl (C=O) groups excluding carboxylic acids is 1. The molecule has 0 radical (unpaired) electrons. The van der Waals surface area contributed by atoms with Crippen LogP contribution in [0.4, 0.5) is 10.1 Å². The lowest BCUT2D eigenvalue weighted by Gasteiger charge is -2.23. The van der Waals surface area contributed by atoms with Crippen molar-refractivity contribution in [3.8, 4) is 11.8 Å². The second-order valence-corrected chi connectivity index (χ2v) is 3.20. The number of benzene rings is 1. The topological polar surface area (TPSA) is 62.1 Å². The molecule has 0 bridgehead atoms. The molecule has 0 fully saturated rings. The highest BCUT2D eigenvalue weighted by Gasteiger charge is 2.26. The smallest absolute Gasteiger partial charge is 0.265 e. The van der Waals surface area contributed by atoms with Crippen LogP contribution in [0.5, 0.6) is 5.75 Å². The van der Waals surface area contributed by atoms with Gasteiger partial charge in [0.15, 0.2) is 17.7 Å². The number of nitrogens with zero attached hydrogens (tertiary/aromatic N) is 1. The van der Waals surface area contributed by atoms with Gasteiger partial charge in [0, 0.05) is 0 Å². The van der Waals surface area contributed by atoms with Gasteiger partial charge in [-0.25, -0.2) is 4.39 Å². The largest absolute Gasteiger partial charge is 0.476 e. The molecule has 76 valence electrons. The number of amides is 1. The van der Waals surface area contributed by atoms with E-state index in [-0.39, 0.29) is 22.9 Å². The minimum absolute atomic E-state index is 0.0129. The van der Waals surface area contributed by atoms with Crippen molar-refractivity contribution in [1.82, 2.24) is 0 Å². The van der Waals surface area contributed by atoms with Crippen molar-refractivity contribution >= 4 is 11.6 Å². The first-order valence-electron chi connectivity index (χ1n) is 4.33. The average Bonchev–Trinajstić information content (AvgIpc) is 2.21. The first-order chi connectivity index (χ1) is 7.11. The van der Waals surface area contributed by atoms with Gasteiger partial charge in [-0.1, -0.05) is 0 Å². The summed E-state index contributed by atoms with van der Waals surface area (Å²) >= 11 is 0. The van der Waals surface area contributed by atoms with Crippen LogP contribution >= 0.6 is 0 Å². The molecular weight excluding hydrogens is 199 g/mol. The highest BCUT2D eigenvalue weighted by molar-refractivity contribution is 5.97. The summed E-state index contributed by atoms with van der Waals surface area (Å²) in [5.74, 6) is -1.01. The van der Waals surface area contributed by atoms with Crippen molar-refractivity contribution in [2.45, 2.75) is 13.0 Å². The van der Waals surface area contributed by atoms with Gasteiger partial charge >= 0.3 is 0 Å². The van der Waals surface area contributed by atoms with Crippen molar-refractivity contribution in [2.75, 3.05) is 5.32 Å². The van der Waals surface area contributed by atoms with Gasteiger partial charge in [-0.3, -0.25) is 4.79 Å². The van der Waals surface area contributed by atoms with E-state index in [0.717, 1.165) is 6.07 Å². The third kappa shape index (κ3) is 1.50. The molecule has 2 rings (SSSR count). The Morgan fingerprint density at radius 3 is 3.00 bits per heavy atom. The lowest BCUT2D eigenvalue weighted by Crippen LogP contribution is -2.34. The maximum atomic E-state index is 13.4. The van der Waals surface area contributed by atoms with E-state index in [2.05, 4.69) is 5.32 Å². The van der Waals surface area contributed by atoms with Crippen LogP contribution in [0.25, 0.3) is 0 Å². The molecule has 1 aromatic rings. The minimum atomic E-state index is -0.722. The highest BCUT2D eigenvalue weighted by atomic mass is 19.1. The first-order valence-corrected chi connectivity index (χ1v) is 4.33. The molecule has 1 aromatic carbocycles. The van der Waals surface area contributed by atoms with Crippen LogP contribution < -0.4 is 10.1 Å². The van der Waals surface area contributed by atoms with Crippen molar-refractivity contribution in [2.24, 2.45) is 0 Å². The number of hydrogen-bond acceptors (Lipinski definition) is 3. The standard InChI is InChI=1S/C10H7FN2O2/c1-5-10(14)13-8-3-6(4-12)2-7(11)9(8)15-5/h2-3,5H,1H3,(H,13,14)/t5-/m1/s1. The molecule has 1 aliphatic heterocycles. The predicted octanol–water partition coefficient (Wildman–Crippen LogP) is 1.42. The van der Waals surface area contributed by atoms with Gasteiger partial charge in [0.1, 0.15) is 0 Å². The Bertz CT molecular complexity index is 479. The van der Waals surface area contributed by atoms with Gasteiger partial charge in [-0.2, -0.15) is 5.26 Å². The monoisotopic (exact) mass is 206 g/mol. The minimum Gasteiger partial charge on any atom is -0.476 e. The molecule has 0 aromatic heterocycles. The molecule has 1 aliphatic rings. The van der Waals surface area contributed by atoms with E-state index in [4.69, 9.17) is 10.00 Å². The molecule has 1 atom stereocenters. The first kappa shape index (κ1) is 9.46. The van der Waals surface area contributed by atoms with Crippen molar-refractivity contribution in [3.05, 3.63) is 23.5 Å². The number of anilines is 1. The molecule has 1 N–H and O–H groups in total. The fourth-order valence-corrected chi connectivity index (χ4v) is 1.34. The van der Waals surface area contributed by atoms with Crippen molar-refractivity contribution in [3.63, 3.8) is 0 Å². The molecule has 1 heterocycles. The number of hydrogen-bond donors (Lipinski definition) is 1. The van der Waals surface area contributed by atoms with E-state index < -0.39 is 11.9 Å². The van der Waals surface area contributed by atoms with E-state index in [1.807, 2.05) is 0 Å². The molecule has 15 heavy (non-hydrogen) atoms. The molecule has 4 nitrogen and oxygen atoms in total. The molecule has 0 spiro atoms. The van der Waals surface area contributed by atoms with Crippen LogP contribution in [-0.4, -0.2) is 12.0 Å². The van der Waals surface area contributed by atoms with Gasteiger partial charge in [0.2, 0.25) is 0 Å². The van der Waals surface area contributed by atoms with Crippen LogP contribution in [0, 0.1) is 17.1 Å². The Balaban J connectivity index is 2.54. The van der Waals surface area contributed by atoms with Gasteiger partial charge < -0.3 is 10.1 Å². The Hall–Kier alpha value is -2.09. The van der Waals surface area contributed by atoms with E-state index in [1.165, 1.54) is 13.0 Å². The van der Waals surface area contributed by atoms with E-state index in [0.29, 0.717) is 0 Å². The number of nitriles is 1. The van der Waals surface area contributed by atoms with E-state index in [9.17, 15) is 9.18 Å². The third-order valence-corrected chi connectivity index (χ3v) is 2.09. The van der Waals surface area contributed by atoms with Gasteiger partial charge in [-0.15, -0.1) is 0 Å². The Morgan fingerprint density at radius 2 is 2.33 bits per heavy atom. The summed E-state index contributed by atoms with van der Waals surface area (Å²) in [6.07, 6.45) is -0.722. The molecule has 0 saturated heterocycles. The zero-order valence-electron chi connectivity index (χ0n) is 7.87. The number of ether oxygens (including phenoxy) is 1. The number of fused-ring (bicyclic) bond motifs is 1. The maximum absolute atomic E-state index is 13.4. The Labute approximate surface area is 85.3 Å². The Morgan fingerprint density at radius 1 is 1.60 bits per heavy atom. The summed E-state index contributed by atoms with van der Waals surface area (Å²) in [5, 5.41) is 11.1. The third-order valence-electron chi connectivity index (χ3n) is 2.09. The number of nitrogens with one attached hydrogen (secondary N) is 1. The highest BCUT2D eigenvalue weighted by Crippen LogP contribution is 2.33. The molecular formula is C10H7FN2O2. The molecule has 1 amide bonds. The number of carbonyl (C=O) groups is 1. The fourth-order valence-electron chi connectivity index (χ4n) is 1.34. The van der Waals surface area contributed by atoms with Gasteiger partial charge in [0.05, 0.1) is 17.3 Å². The van der Waals surface area contributed by atoms with Crippen LogP contribution in [0.3, 0.4) is 0 Å². The normalized spacial score (nSPS) is 18.5. The lowest BCUT2D eigenvalue weighted by atomic mass is 10.1. The van der Waals surface area contributed by atoms with Crippen LogP contribution in [0.15, 0.2) is 12.1 Å². The number of rotatable bonds is 0. The molecule has 5 heteroatoms. The van der Waals surface area contributed by atoms with Gasteiger partial charge in [0.25, 0.3) is 5.91 Å². The van der Waals surface area contributed by atoms with E-state index >= 15 is 0 Å². The van der Waals surface area contributed by atoms with Crippen molar-refractivity contribution < 1.29 is 13.9 Å². The summed E-state index contributed by atoms with van der Waals surface area (Å²) in [4.78, 5) is 11.2.